The molecule has 2 rings (SSSR count). The fourth-order valence-corrected chi connectivity index (χ4v) is 2.98. The highest BCUT2D eigenvalue weighted by molar-refractivity contribution is 7.89. The summed E-state index contributed by atoms with van der Waals surface area (Å²) in [5.41, 5.74) is 0. The Morgan fingerprint density at radius 1 is 1.00 bits per heavy atom. The van der Waals surface area contributed by atoms with Gasteiger partial charge in [-0.3, -0.25) is 0 Å². The first-order chi connectivity index (χ1) is 9.29. The van der Waals surface area contributed by atoms with Crippen LogP contribution >= 0.6 is 0 Å². The van der Waals surface area contributed by atoms with Crippen LogP contribution in [0.3, 0.4) is 0 Å². The Hall–Kier alpha value is -1.68. The molecular formula is C11H12N2O5S2. The highest BCUT2D eigenvalue weighted by Crippen LogP contribution is 2.13. The van der Waals surface area contributed by atoms with Gasteiger partial charge >= 0.3 is 0 Å². The number of furan rings is 1. The van der Waals surface area contributed by atoms with E-state index in [-0.39, 0.29) is 16.3 Å². The van der Waals surface area contributed by atoms with E-state index in [1.54, 1.807) is 12.1 Å². The number of hydrogen-bond acceptors (Lipinski definition) is 5. The van der Waals surface area contributed by atoms with E-state index in [9.17, 15) is 16.8 Å². The van der Waals surface area contributed by atoms with Crippen LogP contribution in [-0.4, -0.2) is 16.8 Å². The Morgan fingerprint density at radius 2 is 1.60 bits per heavy atom. The summed E-state index contributed by atoms with van der Waals surface area (Å²) in [4.78, 5) is -0.209. The van der Waals surface area contributed by atoms with Crippen LogP contribution in [0.15, 0.2) is 56.9 Å². The van der Waals surface area contributed by atoms with Crippen molar-refractivity contribution in [2.45, 2.75) is 16.3 Å². The van der Waals surface area contributed by atoms with Crippen molar-refractivity contribution in [1.82, 2.24) is 4.72 Å². The topological polar surface area (TPSA) is 119 Å². The van der Waals surface area contributed by atoms with Gasteiger partial charge in [0.15, 0.2) is 0 Å². The predicted molar refractivity (Wildman–Crippen MR) is 70.5 cm³/mol. The summed E-state index contributed by atoms with van der Waals surface area (Å²) in [7, 11) is -7.59. The zero-order valence-corrected chi connectivity index (χ0v) is 11.8. The Kier molecular flexibility index (Phi) is 3.95. The van der Waals surface area contributed by atoms with E-state index in [1.165, 1.54) is 18.4 Å². The Labute approximate surface area is 116 Å². The molecule has 9 heteroatoms. The van der Waals surface area contributed by atoms with E-state index < -0.39 is 20.0 Å². The summed E-state index contributed by atoms with van der Waals surface area (Å²) >= 11 is 0. The zero-order chi connectivity index (χ0) is 14.8. The quantitative estimate of drug-likeness (QED) is 0.827. The van der Waals surface area contributed by atoms with Crippen molar-refractivity contribution in [2.75, 3.05) is 0 Å². The van der Waals surface area contributed by atoms with Crippen molar-refractivity contribution in [3.05, 3.63) is 48.4 Å². The summed E-state index contributed by atoms with van der Waals surface area (Å²) < 4.78 is 53.4. The van der Waals surface area contributed by atoms with Gasteiger partial charge in [-0.2, -0.15) is 0 Å². The number of benzene rings is 1. The molecule has 0 saturated heterocycles. The standard InChI is InChI=1S/C11H12N2O5S2/c12-19(14,15)10-3-5-11(6-4-10)20(16,17)13-8-9-2-1-7-18-9/h1-7,13H,8H2,(H2,12,14,15). The highest BCUT2D eigenvalue weighted by Gasteiger charge is 2.16. The number of primary sulfonamides is 1. The van der Waals surface area contributed by atoms with Crippen LogP contribution in [-0.2, 0) is 26.6 Å². The maximum absolute atomic E-state index is 12.0. The van der Waals surface area contributed by atoms with Gasteiger partial charge in [-0.25, -0.2) is 26.7 Å². The summed E-state index contributed by atoms with van der Waals surface area (Å²) in [5, 5.41) is 4.93. The number of hydrogen-bond donors (Lipinski definition) is 2. The van der Waals surface area contributed by atoms with Gasteiger partial charge in [0, 0.05) is 0 Å². The van der Waals surface area contributed by atoms with E-state index >= 15 is 0 Å². The maximum Gasteiger partial charge on any atom is 0.240 e. The SMILES string of the molecule is NS(=O)(=O)c1ccc(S(=O)(=O)NCc2ccco2)cc1. The van der Waals surface area contributed by atoms with E-state index in [0.717, 1.165) is 12.1 Å². The third kappa shape index (κ3) is 3.45. The highest BCUT2D eigenvalue weighted by atomic mass is 32.2. The normalized spacial score (nSPS) is 12.4. The van der Waals surface area contributed by atoms with Gasteiger partial charge in [-0.1, -0.05) is 0 Å². The summed E-state index contributed by atoms with van der Waals surface area (Å²) in [6, 6.07) is 7.89. The first kappa shape index (κ1) is 14.7. The van der Waals surface area contributed by atoms with Gasteiger partial charge in [-0.15, -0.1) is 0 Å². The van der Waals surface area contributed by atoms with E-state index in [0.29, 0.717) is 5.76 Å². The molecule has 7 nitrogen and oxygen atoms in total. The molecule has 0 fully saturated rings. The fraction of sp³-hybridized carbons (Fsp3) is 0.0909. The zero-order valence-electron chi connectivity index (χ0n) is 10.2. The van der Waals surface area contributed by atoms with E-state index in [2.05, 4.69) is 4.72 Å². The molecule has 1 heterocycles. The first-order valence-corrected chi connectivity index (χ1v) is 8.47. The van der Waals surface area contributed by atoms with Crippen LogP contribution in [0.1, 0.15) is 5.76 Å². The number of sulfonamides is 2. The largest absolute Gasteiger partial charge is 0.468 e. The second-order valence-electron chi connectivity index (χ2n) is 3.92. The molecule has 0 spiro atoms. The third-order valence-electron chi connectivity index (χ3n) is 2.48. The third-order valence-corrected chi connectivity index (χ3v) is 4.83. The molecule has 0 atom stereocenters. The lowest BCUT2D eigenvalue weighted by Gasteiger charge is -2.06. The Morgan fingerprint density at radius 3 is 2.10 bits per heavy atom. The van der Waals surface area contributed by atoms with Gasteiger partial charge in [0.05, 0.1) is 22.6 Å². The van der Waals surface area contributed by atoms with Crippen LogP contribution in [0.2, 0.25) is 0 Å². The van der Waals surface area contributed by atoms with Gasteiger partial charge in [0.2, 0.25) is 20.0 Å². The number of nitrogens with two attached hydrogens (primary N) is 1. The molecule has 0 radical (unpaired) electrons. The van der Waals surface area contributed by atoms with E-state index in [4.69, 9.17) is 9.56 Å². The summed E-state index contributed by atoms with van der Waals surface area (Å²) in [5.74, 6) is 0.467. The van der Waals surface area contributed by atoms with Crippen LogP contribution in [0, 0.1) is 0 Å². The molecule has 108 valence electrons. The lowest BCUT2D eigenvalue weighted by molar-refractivity contribution is 0.498. The molecule has 0 saturated carbocycles. The Bertz CT molecular complexity index is 778. The monoisotopic (exact) mass is 316 g/mol. The summed E-state index contributed by atoms with van der Waals surface area (Å²) in [6.07, 6.45) is 1.44. The van der Waals surface area contributed by atoms with Crippen molar-refractivity contribution >= 4 is 20.0 Å². The first-order valence-electron chi connectivity index (χ1n) is 5.44. The molecule has 0 aliphatic heterocycles. The van der Waals surface area contributed by atoms with Crippen molar-refractivity contribution in [2.24, 2.45) is 5.14 Å². The molecule has 0 aliphatic carbocycles. The molecule has 1 aromatic heterocycles. The van der Waals surface area contributed by atoms with Crippen molar-refractivity contribution < 1.29 is 21.3 Å². The van der Waals surface area contributed by atoms with Gasteiger partial charge in [0.25, 0.3) is 0 Å². The second kappa shape index (κ2) is 5.37. The van der Waals surface area contributed by atoms with Crippen LogP contribution in [0.4, 0.5) is 0 Å². The molecule has 20 heavy (non-hydrogen) atoms. The maximum atomic E-state index is 12.0. The summed E-state index contributed by atoms with van der Waals surface area (Å²) in [6.45, 7) is 0.00622. The van der Waals surface area contributed by atoms with Crippen LogP contribution < -0.4 is 9.86 Å². The number of rotatable bonds is 5. The van der Waals surface area contributed by atoms with Crippen LogP contribution in [0.25, 0.3) is 0 Å². The molecule has 0 aliphatic rings. The average Bonchev–Trinajstić information content (AvgIpc) is 2.89. The second-order valence-corrected chi connectivity index (χ2v) is 7.25. The van der Waals surface area contributed by atoms with Crippen molar-refractivity contribution in [3.8, 4) is 0 Å². The molecule has 2 aromatic rings. The predicted octanol–water partition coefficient (Wildman–Crippen LogP) is 0.406. The minimum atomic E-state index is -3.84. The molecule has 3 N–H and O–H groups in total. The van der Waals surface area contributed by atoms with E-state index in [1.807, 2.05) is 0 Å². The fourth-order valence-electron chi connectivity index (χ4n) is 1.47. The lowest BCUT2D eigenvalue weighted by atomic mass is 10.4. The van der Waals surface area contributed by atoms with Crippen molar-refractivity contribution in [1.29, 1.82) is 0 Å². The van der Waals surface area contributed by atoms with Crippen molar-refractivity contribution in [3.63, 3.8) is 0 Å². The smallest absolute Gasteiger partial charge is 0.240 e. The minimum Gasteiger partial charge on any atom is -0.468 e. The molecule has 0 amide bonds. The minimum absolute atomic E-state index is 0.00622. The van der Waals surface area contributed by atoms with Gasteiger partial charge < -0.3 is 4.42 Å². The number of nitrogens with one attached hydrogen (secondary N) is 1. The van der Waals surface area contributed by atoms with Gasteiger partial charge in [-0.05, 0) is 36.4 Å². The molecule has 0 unspecified atom stereocenters. The molecule has 1 aromatic carbocycles. The lowest BCUT2D eigenvalue weighted by Crippen LogP contribution is -2.23. The van der Waals surface area contributed by atoms with Crippen LogP contribution in [0.5, 0.6) is 0 Å². The Balaban J connectivity index is 2.17. The average molecular weight is 316 g/mol. The molecule has 0 bridgehead atoms. The molecular weight excluding hydrogens is 304 g/mol. The van der Waals surface area contributed by atoms with Gasteiger partial charge in [0.1, 0.15) is 5.76 Å².